The summed E-state index contributed by atoms with van der Waals surface area (Å²) in [6.45, 7) is 4.13. The van der Waals surface area contributed by atoms with E-state index in [9.17, 15) is 19.7 Å². The van der Waals surface area contributed by atoms with Crippen molar-refractivity contribution in [3.05, 3.63) is 45.5 Å². The van der Waals surface area contributed by atoms with E-state index in [2.05, 4.69) is 0 Å². The summed E-state index contributed by atoms with van der Waals surface area (Å²) in [5, 5.41) is 10.6. The Hall–Kier alpha value is -2.54. The quantitative estimate of drug-likeness (QED) is 0.132. The van der Waals surface area contributed by atoms with E-state index >= 15 is 0 Å². The largest absolute Gasteiger partial charge is 0.460 e. The molecule has 0 aromatic heterocycles. The van der Waals surface area contributed by atoms with E-state index < -0.39 is 16.7 Å². The van der Waals surface area contributed by atoms with Gasteiger partial charge in [0, 0.05) is 18.7 Å². The molecule has 1 aromatic carbocycles. The van der Waals surface area contributed by atoms with Crippen molar-refractivity contribution < 1.29 is 24.0 Å². The van der Waals surface area contributed by atoms with Crippen molar-refractivity contribution in [2.24, 2.45) is 0 Å². The first-order valence-electron chi connectivity index (χ1n) is 7.17. The number of benzene rings is 1. The number of ketones is 1. The first-order valence-corrected chi connectivity index (χ1v) is 7.17. The number of nitro benzene ring substituents is 1. The predicted molar refractivity (Wildman–Crippen MR) is 83.8 cm³/mol. The number of ether oxygens (including phenoxy) is 2. The lowest BCUT2D eigenvalue weighted by atomic mass is 10.1. The summed E-state index contributed by atoms with van der Waals surface area (Å²) in [4.78, 5) is 33.6. The maximum absolute atomic E-state index is 11.9. The van der Waals surface area contributed by atoms with Crippen LogP contribution in [0.25, 0.3) is 6.08 Å². The minimum Gasteiger partial charge on any atom is -0.460 e. The van der Waals surface area contributed by atoms with Gasteiger partial charge in [0.2, 0.25) is 0 Å². The Labute approximate surface area is 134 Å². The summed E-state index contributed by atoms with van der Waals surface area (Å²) in [7, 11) is 0. The van der Waals surface area contributed by atoms with Crippen molar-refractivity contribution in [1.82, 2.24) is 0 Å². The smallest absolute Gasteiger partial charge is 0.341 e. The predicted octanol–water partition coefficient (Wildman–Crippen LogP) is 2.54. The Morgan fingerprint density at radius 1 is 1.17 bits per heavy atom. The van der Waals surface area contributed by atoms with E-state index in [1.807, 2.05) is 6.92 Å². The second-order valence-corrected chi connectivity index (χ2v) is 4.71. The van der Waals surface area contributed by atoms with Crippen LogP contribution >= 0.6 is 0 Å². The Balaban J connectivity index is 2.74. The molecule has 7 nitrogen and oxygen atoms in total. The van der Waals surface area contributed by atoms with Crippen molar-refractivity contribution in [3.63, 3.8) is 0 Å². The van der Waals surface area contributed by atoms with Gasteiger partial charge in [-0.05, 0) is 37.1 Å². The maximum Gasteiger partial charge on any atom is 0.341 e. The second kappa shape index (κ2) is 9.47. The van der Waals surface area contributed by atoms with Crippen molar-refractivity contribution in [1.29, 1.82) is 0 Å². The Bertz CT molecular complexity index is 591. The van der Waals surface area contributed by atoms with Crippen LogP contribution in [-0.2, 0) is 19.1 Å². The van der Waals surface area contributed by atoms with Gasteiger partial charge in [-0.2, -0.15) is 0 Å². The molecule has 0 fully saturated rings. The molecule has 1 rings (SSSR count). The Morgan fingerprint density at radius 2 is 1.83 bits per heavy atom. The number of nitrogens with zero attached hydrogens (tertiary/aromatic N) is 1. The highest BCUT2D eigenvalue weighted by molar-refractivity contribution is 6.19. The maximum atomic E-state index is 11.9. The molecule has 124 valence electrons. The molecule has 0 N–H and O–H groups in total. The molecule has 0 aliphatic rings. The fourth-order valence-electron chi connectivity index (χ4n) is 1.68. The minimum atomic E-state index is -0.740. The second-order valence-electron chi connectivity index (χ2n) is 4.71. The van der Waals surface area contributed by atoms with Gasteiger partial charge in [-0.1, -0.05) is 6.92 Å². The number of nitro groups is 1. The molecular weight excluding hydrogens is 302 g/mol. The van der Waals surface area contributed by atoms with Gasteiger partial charge in [0.1, 0.15) is 12.2 Å². The average molecular weight is 321 g/mol. The molecule has 0 bridgehead atoms. The molecule has 0 unspecified atom stereocenters. The summed E-state index contributed by atoms with van der Waals surface area (Å²) in [5.41, 5.74) is 0.316. The normalized spacial score (nSPS) is 11.1. The van der Waals surface area contributed by atoms with Gasteiger partial charge in [-0.3, -0.25) is 14.9 Å². The number of hydrogen-bond donors (Lipinski definition) is 0. The van der Waals surface area contributed by atoms with E-state index in [1.165, 1.54) is 37.3 Å². The molecule has 0 saturated carbocycles. The van der Waals surface area contributed by atoms with Gasteiger partial charge in [-0.15, -0.1) is 0 Å². The molecular formula is C16H19NO6. The van der Waals surface area contributed by atoms with Gasteiger partial charge in [0.05, 0.1) is 11.5 Å². The standard InChI is InChI=1S/C16H19NO6/c1-3-8-22-9-10-23-16(19)15(12(2)18)11-13-4-6-14(7-5-13)17(20)21/h4-7,11H,3,8-10H2,1-2H3/b15-11-. The summed E-state index contributed by atoms with van der Waals surface area (Å²) in [6.07, 6.45) is 2.22. The number of esters is 1. The first kappa shape index (κ1) is 18.5. The van der Waals surface area contributed by atoms with E-state index in [0.29, 0.717) is 12.2 Å². The minimum absolute atomic E-state index is 0.0592. The molecule has 0 amide bonds. The molecule has 23 heavy (non-hydrogen) atoms. The lowest BCUT2D eigenvalue weighted by molar-refractivity contribution is -0.384. The zero-order chi connectivity index (χ0) is 17.2. The van der Waals surface area contributed by atoms with Crippen LogP contribution in [0.4, 0.5) is 5.69 Å². The van der Waals surface area contributed by atoms with Gasteiger partial charge in [0.25, 0.3) is 5.69 Å². The zero-order valence-electron chi connectivity index (χ0n) is 13.1. The Morgan fingerprint density at radius 3 is 2.35 bits per heavy atom. The van der Waals surface area contributed by atoms with Gasteiger partial charge < -0.3 is 9.47 Å². The van der Waals surface area contributed by atoms with Crippen LogP contribution in [0.3, 0.4) is 0 Å². The van der Waals surface area contributed by atoms with Crippen LogP contribution in [0, 0.1) is 10.1 Å². The molecule has 1 aromatic rings. The number of carbonyl (C=O) groups is 2. The third kappa shape index (κ3) is 6.39. The summed E-state index contributed by atoms with van der Waals surface area (Å²) >= 11 is 0. The topological polar surface area (TPSA) is 95.7 Å². The van der Waals surface area contributed by atoms with Gasteiger partial charge in [-0.25, -0.2) is 4.79 Å². The third-order valence-corrected chi connectivity index (χ3v) is 2.82. The van der Waals surface area contributed by atoms with Crippen molar-refractivity contribution in [2.75, 3.05) is 19.8 Å². The van der Waals surface area contributed by atoms with E-state index in [1.54, 1.807) is 0 Å². The molecule has 0 radical (unpaired) electrons. The average Bonchev–Trinajstić information content (AvgIpc) is 2.52. The number of carbonyl (C=O) groups excluding carboxylic acids is 2. The monoisotopic (exact) mass is 321 g/mol. The van der Waals surface area contributed by atoms with Crippen molar-refractivity contribution in [3.8, 4) is 0 Å². The molecule has 0 aliphatic heterocycles. The number of rotatable bonds is 9. The summed E-state index contributed by atoms with van der Waals surface area (Å²) in [5.74, 6) is -1.18. The lowest BCUT2D eigenvalue weighted by Gasteiger charge is -2.07. The van der Waals surface area contributed by atoms with Crippen molar-refractivity contribution >= 4 is 23.5 Å². The highest BCUT2D eigenvalue weighted by atomic mass is 16.6. The van der Waals surface area contributed by atoms with Crippen LogP contribution in [-0.4, -0.2) is 36.5 Å². The molecule has 0 aliphatic carbocycles. The summed E-state index contributed by atoms with van der Waals surface area (Å²) < 4.78 is 10.2. The molecule has 0 saturated heterocycles. The highest BCUT2D eigenvalue weighted by Gasteiger charge is 2.16. The fourth-order valence-corrected chi connectivity index (χ4v) is 1.68. The zero-order valence-corrected chi connectivity index (χ0v) is 13.1. The van der Waals surface area contributed by atoms with E-state index in [-0.39, 0.29) is 24.5 Å². The Kier molecular flexibility index (Phi) is 7.62. The number of Topliss-reactive ketones (excluding diaryl/α,β-unsaturated/α-hetero) is 1. The van der Waals surface area contributed by atoms with Gasteiger partial charge >= 0.3 is 5.97 Å². The first-order chi connectivity index (χ1) is 11.0. The van der Waals surface area contributed by atoms with Gasteiger partial charge in [0.15, 0.2) is 5.78 Å². The van der Waals surface area contributed by atoms with E-state index in [4.69, 9.17) is 9.47 Å². The van der Waals surface area contributed by atoms with Crippen molar-refractivity contribution in [2.45, 2.75) is 20.3 Å². The van der Waals surface area contributed by atoms with E-state index in [0.717, 1.165) is 6.42 Å². The van der Waals surface area contributed by atoms with Crippen LogP contribution in [0.5, 0.6) is 0 Å². The molecule has 0 spiro atoms. The molecule has 7 heteroatoms. The molecule has 0 atom stereocenters. The molecule has 0 heterocycles. The summed E-state index contributed by atoms with van der Waals surface area (Å²) in [6, 6.07) is 5.51. The third-order valence-electron chi connectivity index (χ3n) is 2.82. The van der Waals surface area contributed by atoms with Crippen LogP contribution in [0.2, 0.25) is 0 Å². The number of hydrogen-bond acceptors (Lipinski definition) is 6. The highest BCUT2D eigenvalue weighted by Crippen LogP contribution is 2.15. The van der Waals surface area contributed by atoms with Crippen LogP contribution < -0.4 is 0 Å². The number of non-ortho nitro benzene ring substituents is 1. The van der Waals surface area contributed by atoms with Crippen LogP contribution in [0.1, 0.15) is 25.8 Å². The fraction of sp³-hybridized carbons (Fsp3) is 0.375. The lowest BCUT2D eigenvalue weighted by Crippen LogP contribution is -2.16. The van der Waals surface area contributed by atoms with Crippen LogP contribution in [0.15, 0.2) is 29.8 Å². The SMILES string of the molecule is CCCOCCOC(=O)/C(=C\c1ccc([N+](=O)[O-])cc1)C(C)=O.